The fourth-order valence-corrected chi connectivity index (χ4v) is 13.6. The third kappa shape index (κ3) is 4.84. The summed E-state index contributed by atoms with van der Waals surface area (Å²) in [7, 11) is -0.955. The largest absolute Gasteiger partial charge is 0.0622 e. The van der Waals surface area contributed by atoms with Gasteiger partial charge in [0.2, 0.25) is 0 Å². The van der Waals surface area contributed by atoms with Gasteiger partial charge < -0.3 is 0 Å². The summed E-state index contributed by atoms with van der Waals surface area (Å²) in [6.45, 7) is 7.63. The number of benzene rings is 4. The Hall–Kier alpha value is -2.26. The molecule has 0 saturated heterocycles. The summed E-state index contributed by atoms with van der Waals surface area (Å²) in [5.74, 6) is 1.22. The van der Waals surface area contributed by atoms with Crippen molar-refractivity contribution in [2.45, 2.75) is 50.8 Å². The molecule has 4 aromatic carbocycles. The molecule has 0 N–H and O–H groups in total. The first-order valence-electron chi connectivity index (χ1n) is 13.4. The van der Waals surface area contributed by atoms with Gasteiger partial charge in [-0.1, -0.05) is 149 Å². The van der Waals surface area contributed by atoms with Crippen molar-refractivity contribution in [2.75, 3.05) is 0 Å². The average Bonchev–Trinajstić information content (AvgIpc) is 2.93. The minimum Gasteiger partial charge on any atom is -0.0622 e. The summed E-state index contributed by atoms with van der Waals surface area (Å²) in [4.78, 5) is 0. The molecular weight excluding hydrogens is 470 g/mol. The second-order valence-electron chi connectivity index (χ2n) is 10.4. The molecule has 0 bridgehead atoms. The molecular formula is C34H38P2. The summed E-state index contributed by atoms with van der Waals surface area (Å²) in [6, 6.07) is 45.7. The maximum Gasteiger partial charge on any atom is 0.00404 e. The maximum absolute atomic E-state index is 2.62. The van der Waals surface area contributed by atoms with Crippen molar-refractivity contribution in [1.82, 2.24) is 0 Å². The van der Waals surface area contributed by atoms with Crippen LogP contribution in [0.3, 0.4) is 0 Å². The standard InChI is InChI=1S/C34H38P2/c1-27(2)34(36(31-21-12-6-13-22-31)32-23-14-7-15-24-32)26-16-25-33(28(34)3)35(29-17-8-4-9-18-29)30-19-10-5-11-20-30/h4-15,17-24,27-28,33H,16,25-26H2,1-3H3. The highest BCUT2D eigenvalue weighted by Crippen LogP contribution is 2.65. The molecule has 184 valence electrons. The van der Waals surface area contributed by atoms with Gasteiger partial charge in [0.1, 0.15) is 0 Å². The van der Waals surface area contributed by atoms with Crippen LogP contribution >= 0.6 is 15.8 Å². The molecule has 0 amide bonds. The second kappa shape index (κ2) is 11.4. The molecule has 0 spiro atoms. The molecule has 1 saturated carbocycles. The first kappa shape index (κ1) is 25.4. The lowest BCUT2D eigenvalue weighted by molar-refractivity contribution is 0.235. The van der Waals surface area contributed by atoms with E-state index in [9.17, 15) is 0 Å². The summed E-state index contributed by atoms with van der Waals surface area (Å²) in [5.41, 5.74) is 0.665. The van der Waals surface area contributed by atoms with E-state index in [4.69, 9.17) is 0 Å². The fourth-order valence-electron chi connectivity index (χ4n) is 6.64. The van der Waals surface area contributed by atoms with Crippen molar-refractivity contribution in [3.63, 3.8) is 0 Å². The van der Waals surface area contributed by atoms with Crippen LogP contribution < -0.4 is 21.2 Å². The Labute approximate surface area is 220 Å². The van der Waals surface area contributed by atoms with E-state index in [0.717, 1.165) is 0 Å². The SMILES string of the molecule is CC(C)C1(P(c2ccccc2)c2ccccc2)CCCC(P(c2ccccc2)c2ccccc2)C1C. The Kier molecular flexibility index (Phi) is 8.06. The smallest absolute Gasteiger partial charge is 0.00404 e. The second-order valence-corrected chi connectivity index (χ2v) is 15.4. The van der Waals surface area contributed by atoms with Crippen molar-refractivity contribution >= 4 is 37.1 Å². The van der Waals surface area contributed by atoms with Crippen LogP contribution in [0.1, 0.15) is 40.0 Å². The van der Waals surface area contributed by atoms with Gasteiger partial charge in [-0.15, -0.1) is 0 Å². The Bertz CT molecular complexity index is 1130. The summed E-state index contributed by atoms with van der Waals surface area (Å²) in [5, 5.41) is 6.37. The molecule has 3 unspecified atom stereocenters. The first-order valence-corrected chi connectivity index (χ1v) is 16.2. The molecule has 4 aromatic rings. The predicted octanol–water partition coefficient (Wildman–Crippen LogP) is 7.84. The predicted molar refractivity (Wildman–Crippen MR) is 163 cm³/mol. The topological polar surface area (TPSA) is 0 Å². The molecule has 5 rings (SSSR count). The quantitative estimate of drug-likeness (QED) is 0.223. The zero-order valence-electron chi connectivity index (χ0n) is 21.8. The molecule has 3 atom stereocenters. The van der Waals surface area contributed by atoms with Crippen LogP contribution in [-0.4, -0.2) is 10.8 Å². The lowest BCUT2D eigenvalue weighted by Crippen LogP contribution is -2.52. The summed E-state index contributed by atoms with van der Waals surface area (Å²) in [6.07, 6.45) is 3.94. The van der Waals surface area contributed by atoms with Crippen molar-refractivity contribution in [2.24, 2.45) is 11.8 Å². The Morgan fingerprint density at radius 2 is 1.00 bits per heavy atom. The maximum atomic E-state index is 2.62. The van der Waals surface area contributed by atoms with Crippen molar-refractivity contribution < 1.29 is 0 Å². The zero-order valence-corrected chi connectivity index (χ0v) is 23.6. The molecule has 0 radical (unpaired) electrons. The van der Waals surface area contributed by atoms with Crippen LogP contribution in [0.15, 0.2) is 121 Å². The van der Waals surface area contributed by atoms with Crippen LogP contribution in [0, 0.1) is 11.8 Å². The third-order valence-corrected chi connectivity index (χ3v) is 15.0. The number of hydrogen-bond acceptors (Lipinski definition) is 0. The van der Waals surface area contributed by atoms with Crippen LogP contribution in [0.25, 0.3) is 0 Å². The van der Waals surface area contributed by atoms with Crippen LogP contribution in [0.5, 0.6) is 0 Å². The third-order valence-electron chi connectivity index (χ3n) is 8.29. The van der Waals surface area contributed by atoms with E-state index in [1.165, 1.54) is 40.5 Å². The minimum atomic E-state index is -0.511. The highest BCUT2D eigenvalue weighted by molar-refractivity contribution is 7.75. The highest BCUT2D eigenvalue weighted by atomic mass is 31.1. The van der Waals surface area contributed by atoms with E-state index in [-0.39, 0.29) is 5.16 Å². The van der Waals surface area contributed by atoms with Gasteiger partial charge in [0.25, 0.3) is 0 Å². The van der Waals surface area contributed by atoms with Crippen molar-refractivity contribution in [3.05, 3.63) is 121 Å². The summed E-state index contributed by atoms with van der Waals surface area (Å²) < 4.78 is 0. The number of rotatable bonds is 7. The van der Waals surface area contributed by atoms with E-state index >= 15 is 0 Å². The molecule has 1 aliphatic rings. The van der Waals surface area contributed by atoms with E-state index in [2.05, 4.69) is 142 Å². The van der Waals surface area contributed by atoms with E-state index in [0.29, 0.717) is 17.5 Å². The monoisotopic (exact) mass is 508 g/mol. The molecule has 2 heteroatoms. The highest BCUT2D eigenvalue weighted by Gasteiger charge is 2.52. The number of hydrogen-bond donors (Lipinski definition) is 0. The van der Waals surface area contributed by atoms with Crippen LogP contribution in [-0.2, 0) is 0 Å². The lowest BCUT2D eigenvalue weighted by atomic mass is 9.73. The van der Waals surface area contributed by atoms with Crippen LogP contribution in [0.2, 0.25) is 0 Å². The van der Waals surface area contributed by atoms with E-state index < -0.39 is 15.8 Å². The summed E-state index contributed by atoms with van der Waals surface area (Å²) >= 11 is 0. The van der Waals surface area contributed by atoms with Gasteiger partial charge >= 0.3 is 0 Å². The van der Waals surface area contributed by atoms with E-state index in [1.807, 2.05) is 0 Å². The molecule has 0 aliphatic heterocycles. The zero-order chi connectivity index (χ0) is 25.0. The fraction of sp³-hybridized carbons (Fsp3) is 0.294. The molecule has 0 nitrogen and oxygen atoms in total. The van der Waals surface area contributed by atoms with Gasteiger partial charge in [0, 0.05) is 5.16 Å². The van der Waals surface area contributed by atoms with Crippen LogP contribution in [0.4, 0.5) is 0 Å². The van der Waals surface area contributed by atoms with Crippen molar-refractivity contribution in [3.8, 4) is 0 Å². The van der Waals surface area contributed by atoms with Gasteiger partial charge in [-0.05, 0) is 67.4 Å². The molecule has 1 aliphatic carbocycles. The Balaban J connectivity index is 1.67. The Morgan fingerprint density at radius 3 is 1.39 bits per heavy atom. The Morgan fingerprint density at radius 1 is 0.611 bits per heavy atom. The lowest BCUT2D eigenvalue weighted by Gasteiger charge is -2.56. The van der Waals surface area contributed by atoms with Gasteiger partial charge in [-0.25, -0.2) is 0 Å². The molecule has 0 aromatic heterocycles. The molecule has 1 fully saturated rings. The van der Waals surface area contributed by atoms with Gasteiger partial charge in [-0.3, -0.25) is 0 Å². The van der Waals surface area contributed by atoms with E-state index in [1.54, 1.807) is 0 Å². The van der Waals surface area contributed by atoms with Crippen molar-refractivity contribution in [1.29, 1.82) is 0 Å². The first-order chi connectivity index (χ1) is 17.6. The minimum absolute atomic E-state index is 0.255. The van der Waals surface area contributed by atoms with Gasteiger partial charge in [0.05, 0.1) is 0 Å². The van der Waals surface area contributed by atoms with Gasteiger partial charge in [0.15, 0.2) is 0 Å². The normalized spacial score (nSPS) is 22.3. The average molecular weight is 509 g/mol. The molecule has 0 heterocycles. The molecule has 36 heavy (non-hydrogen) atoms. The van der Waals surface area contributed by atoms with Gasteiger partial charge in [-0.2, -0.15) is 0 Å².